The summed E-state index contributed by atoms with van der Waals surface area (Å²) >= 11 is 0. The Labute approximate surface area is 190 Å². The Balaban J connectivity index is 0.00000127. The maximum absolute atomic E-state index is 11.7. The van der Waals surface area contributed by atoms with Crippen LogP contribution in [0.2, 0.25) is 0 Å². The second-order valence-electron chi connectivity index (χ2n) is 8.34. The van der Waals surface area contributed by atoms with Crippen LogP contribution in [0.4, 0.5) is 0 Å². The van der Waals surface area contributed by atoms with Crippen molar-refractivity contribution in [3.8, 4) is 0 Å². The lowest BCUT2D eigenvalue weighted by molar-refractivity contribution is -0.143. The van der Waals surface area contributed by atoms with Crippen LogP contribution in [0.5, 0.6) is 0 Å². The second-order valence-corrected chi connectivity index (χ2v) is 8.34. The molecule has 0 saturated carbocycles. The molecule has 1 heterocycles. The lowest BCUT2D eigenvalue weighted by Gasteiger charge is -2.14. The van der Waals surface area contributed by atoms with Gasteiger partial charge in [-0.05, 0) is 32.1 Å². The van der Waals surface area contributed by atoms with Crippen molar-refractivity contribution in [2.75, 3.05) is 39.9 Å². The fraction of sp³-hybridized carbons (Fsp3) is 0.840. The molecule has 0 atom stereocenters. The van der Waals surface area contributed by atoms with Gasteiger partial charge in [0.05, 0.1) is 13.2 Å². The van der Waals surface area contributed by atoms with E-state index in [4.69, 9.17) is 9.84 Å². The van der Waals surface area contributed by atoms with Crippen molar-refractivity contribution in [1.82, 2.24) is 10.2 Å². The van der Waals surface area contributed by atoms with Crippen molar-refractivity contribution >= 4 is 11.9 Å². The highest BCUT2D eigenvalue weighted by molar-refractivity contribution is 5.80. The molecule has 0 unspecified atom stereocenters. The van der Waals surface area contributed by atoms with Gasteiger partial charge in [0.2, 0.25) is 5.91 Å². The summed E-state index contributed by atoms with van der Waals surface area (Å²) in [7, 11) is 1.55. The maximum Gasteiger partial charge on any atom is 0.323 e. The molecule has 0 radical (unpaired) electrons. The molecule has 0 aromatic carbocycles. The lowest BCUT2D eigenvalue weighted by atomic mass is 10.1. The molecule has 1 rings (SSSR count). The summed E-state index contributed by atoms with van der Waals surface area (Å²) in [6.07, 6.45) is 21.1. The molecule has 182 valence electrons. The van der Waals surface area contributed by atoms with Crippen LogP contribution in [0.1, 0.15) is 96.8 Å². The van der Waals surface area contributed by atoms with Crippen molar-refractivity contribution in [2.45, 2.75) is 96.8 Å². The van der Waals surface area contributed by atoms with E-state index < -0.39 is 5.97 Å². The first-order chi connectivity index (χ1) is 15.1. The van der Waals surface area contributed by atoms with Crippen molar-refractivity contribution in [3.63, 3.8) is 0 Å². The molecule has 0 aromatic rings. The molecule has 1 saturated heterocycles. The van der Waals surface area contributed by atoms with Gasteiger partial charge in [-0.3, -0.25) is 9.59 Å². The summed E-state index contributed by atoms with van der Waals surface area (Å²) < 4.78 is 5.01. The molecular formula is C25H48N2O4. The molecule has 31 heavy (non-hydrogen) atoms. The van der Waals surface area contributed by atoms with E-state index in [-0.39, 0.29) is 12.5 Å². The van der Waals surface area contributed by atoms with Crippen molar-refractivity contribution in [1.29, 1.82) is 0 Å². The monoisotopic (exact) mass is 440 g/mol. The Morgan fingerprint density at radius 3 is 1.84 bits per heavy atom. The summed E-state index contributed by atoms with van der Waals surface area (Å²) in [6.45, 7) is 5.88. The van der Waals surface area contributed by atoms with Gasteiger partial charge in [0.15, 0.2) is 0 Å². The van der Waals surface area contributed by atoms with Gasteiger partial charge in [0.1, 0.15) is 6.54 Å². The molecule has 6 nitrogen and oxygen atoms in total. The summed E-state index contributed by atoms with van der Waals surface area (Å²) in [5.41, 5.74) is 0. The zero-order chi connectivity index (χ0) is 23.0. The number of nitrogens with one attached hydrogen (secondary N) is 1. The molecule has 1 fully saturated rings. The standard InChI is InChI=1S/C21H39NO3.C4H9NO/c1-3-4-5-6-7-8-9-10-11-12-13-14-15-16-17-18-20(23)22(2)19-21(24)25;1-3-6-4-2-5-1/h10-11H,3-9,12-19H2,1-2H3,(H,24,25);5H,1-4H2. The number of carbonyl (C=O) groups excluding carboxylic acids is 1. The van der Waals surface area contributed by atoms with Gasteiger partial charge >= 0.3 is 5.97 Å². The number of nitrogens with zero attached hydrogens (tertiary/aromatic N) is 1. The fourth-order valence-corrected chi connectivity index (χ4v) is 3.34. The molecule has 0 spiro atoms. The first-order valence-electron chi connectivity index (χ1n) is 12.5. The third-order valence-electron chi connectivity index (χ3n) is 5.30. The number of likely N-dealkylation sites (N-methyl/N-ethyl adjacent to an activating group) is 1. The Hall–Kier alpha value is -1.40. The Morgan fingerprint density at radius 2 is 1.39 bits per heavy atom. The lowest BCUT2D eigenvalue weighted by Crippen LogP contribution is -2.31. The summed E-state index contributed by atoms with van der Waals surface area (Å²) in [5.74, 6) is -1.03. The quantitative estimate of drug-likeness (QED) is 0.241. The highest BCUT2D eigenvalue weighted by Crippen LogP contribution is 2.10. The van der Waals surface area contributed by atoms with Gasteiger partial charge in [0, 0.05) is 26.6 Å². The van der Waals surface area contributed by atoms with E-state index in [2.05, 4.69) is 24.4 Å². The number of carboxylic acids is 1. The van der Waals surface area contributed by atoms with Crippen LogP contribution in [0.15, 0.2) is 12.2 Å². The first kappa shape index (κ1) is 29.6. The average Bonchev–Trinajstić information content (AvgIpc) is 2.77. The van der Waals surface area contributed by atoms with Crippen LogP contribution in [0.3, 0.4) is 0 Å². The van der Waals surface area contributed by atoms with E-state index >= 15 is 0 Å². The minimum absolute atomic E-state index is 0.0694. The number of unbranched alkanes of at least 4 members (excludes halogenated alkanes) is 11. The minimum atomic E-state index is -0.958. The van der Waals surface area contributed by atoms with Gasteiger partial charge in [-0.15, -0.1) is 0 Å². The molecule has 6 heteroatoms. The van der Waals surface area contributed by atoms with Crippen LogP contribution in [-0.2, 0) is 14.3 Å². The SMILES string of the molecule is C1COCCN1.CCCCCCCCC=CCCCCCCCC(=O)N(C)CC(=O)O. The largest absolute Gasteiger partial charge is 0.480 e. The third-order valence-corrected chi connectivity index (χ3v) is 5.30. The summed E-state index contributed by atoms with van der Waals surface area (Å²) in [5, 5.41) is 11.8. The highest BCUT2D eigenvalue weighted by atomic mass is 16.5. The van der Waals surface area contributed by atoms with Crippen molar-refractivity contribution in [2.24, 2.45) is 0 Å². The van der Waals surface area contributed by atoms with Crippen LogP contribution < -0.4 is 5.32 Å². The molecule has 0 aliphatic carbocycles. The minimum Gasteiger partial charge on any atom is -0.480 e. The molecule has 1 aliphatic rings. The Bertz CT molecular complexity index is 439. The van der Waals surface area contributed by atoms with Crippen molar-refractivity contribution in [3.05, 3.63) is 12.2 Å². The topological polar surface area (TPSA) is 78.9 Å². The molecular weight excluding hydrogens is 392 g/mol. The molecule has 1 amide bonds. The van der Waals surface area contributed by atoms with Gasteiger partial charge in [-0.25, -0.2) is 0 Å². The number of aliphatic carboxylic acids is 1. The van der Waals surface area contributed by atoms with Crippen molar-refractivity contribution < 1.29 is 19.4 Å². The van der Waals surface area contributed by atoms with E-state index in [0.717, 1.165) is 52.0 Å². The number of rotatable bonds is 17. The highest BCUT2D eigenvalue weighted by Gasteiger charge is 2.10. The number of amides is 1. The van der Waals surface area contributed by atoms with E-state index in [1.54, 1.807) is 7.05 Å². The predicted molar refractivity (Wildman–Crippen MR) is 128 cm³/mol. The second kappa shape index (κ2) is 23.3. The van der Waals surface area contributed by atoms with Crippen LogP contribution in [0.25, 0.3) is 0 Å². The van der Waals surface area contributed by atoms with E-state index in [9.17, 15) is 9.59 Å². The smallest absolute Gasteiger partial charge is 0.323 e. The molecule has 1 aliphatic heterocycles. The number of carbonyl (C=O) groups is 2. The summed E-state index contributed by atoms with van der Waals surface area (Å²) in [6, 6.07) is 0. The number of morpholine rings is 1. The number of hydrogen-bond donors (Lipinski definition) is 2. The van der Waals surface area contributed by atoms with Gasteiger partial charge < -0.3 is 20.1 Å². The Morgan fingerprint density at radius 1 is 0.871 bits per heavy atom. The molecule has 0 bridgehead atoms. The first-order valence-corrected chi connectivity index (χ1v) is 12.5. The molecule has 2 N–H and O–H groups in total. The third kappa shape index (κ3) is 23.1. The zero-order valence-corrected chi connectivity index (χ0v) is 20.2. The van der Waals surface area contributed by atoms with Crippen LogP contribution in [0, 0.1) is 0 Å². The fourth-order valence-electron chi connectivity index (χ4n) is 3.34. The average molecular weight is 441 g/mol. The zero-order valence-electron chi connectivity index (χ0n) is 20.2. The number of carboxylic acid groups (broad SMARTS) is 1. The number of ether oxygens (including phenoxy) is 1. The summed E-state index contributed by atoms with van der Waals surface area (Å²) in [4.78, 5) is 23.5. The van der Waals surface area contributed by atoms with Gasteiger partial charge in [-0.2, -0.15) is 0 Å². The number of allylic oxidation sites excluding steroid dienone is 2. The van der Waals surface area contributed by atoms with Gasteiger partial charge in [0.25, 0.3) is 0 Å². The predicted octanol–water partition coefficient (Wildman–Crippen LogP) is 5.17. The van der Waals surface area contributed by atoms with Gasteiger partial charge in [-0.1, -0.05) is 70.4 Å². The van der Waals surface area contributed by atoms with Crippen LogP contribution in [-0.4, -0.2) is 61.8 Å². The van der Waals surface area contributed by atoms with E-state index in [0.29, 0.717) is 6.42 Å². The van der Waals surface area contributed by atoms with Crippen LogP contribution >= 0.6 is 0 Å². The van der Waals surface area contributed by atoms with E-state index in [1.807, 2.05) is 0 Å². The molecule has 0 aromatic heterocycles. The normalized spacial score (nSPS) is 13.6. The van der Waals surface area contributed by atoms with E-state index in [1.165, 1.54) is 62.7 Å². The Kier molecular flexibility index (Phi) is 22.2. The maximum atomic E-state index is 11.7. The number of hydrogen-bond acceptors (Lipinski definition) is 4.